The second kappa shape index (κ2) is 6.22. The van der Waals surface area contributed by atoms with Crippen molar-refractivity contribution >= 4 is 43.2 Å². The van der Waals surface area contributed by atoms with E-state index in [-0.39, 0.29) is 4.83 Å². The first-order chi connectivity index (χ1) is 8.67. The molecule has 0 spiro atoms. The van der Waals surface area contributed by atoms with Gasteiger partial charge in [0.1, 0.15) is 5.75 Å². The number of aryl methyl sites for hydroxylation is 1. The molecule has 0 radical (unpaired) electrons. The maximum atomic E-state index is 5.22. The summed E-state index contributed by atoms with van der Waals surface area (Å²) in [4.78, 5) is 1.61. The first-order valence-corrected chi connectivity index (χ1v) is 8.30. The molecule has 0 aliphatic carbocycles. The van der Waals surface area contributed by atoms with E-state index in [9.17, 15) is 0 Å². The van der Waals surface area contributed by atoms with E-state index in [0.29, 0.717) is 0 Å². The highest BCUT2D eigenvalue weighted by Gasteiger charge is 2.17. The minimum absolute atomic E-state index is 0.229. The summed E-state index contributed by atoms with van der Waals surface area (Å²) in [5.41, 5.74) is 2.64. The third kappa shape index (κ3) is 2.81. The van der Waals surface area contributed by atoms with E-state index in [1.807, 2.05) is 12.1 Å². The molecular weight excluding hydrogens is 376 g/mol. The van der Waals surface area contributed by atoms with E-state index in [1.54, 1.807) is 18.4 Å². The summed E-state index contributed by atoms with van der Waals surface area (Å²) in [6, 6.07) is 8.30. The molecule has 1 nitrogen and oxygen atoms in total. The highest BCUT2D eigenvalue weighted by molar-refractivity contribution is 9.11. The first-order valence-electron chi connectivity index (χ1n) is 5.71. The minimum Gasteiger partial charge on any atom is -0.497 e. The molecule has 2 rings (SSSR count). The van der Waals surface area contributed by atoms with Crippen molar-refractivity contribution in [1.29, 1.82) is 0 Å². The fourth-order valence-electron chi connectivity index (χ4n) is 1.84. The Hall–Kier alpha value is -0.320. The smallest absolute Gasteiger partial charge is 0.120 e. The number of hydrogen-bond donors (Lipinski definition) is 0. The van der Waals surface area contributed by atoms with Crippen LogP contribution in [0.4, 0.5) is 0 Å². The van der Waals surface area contributed by atoms with Gasteiger partial charge in [0.2, 0.25) is 0 Å². The third-order valence-corrected chi connectivity index (χ3v) is 5.84. The van der Waals surface area contributed by atoms with Gasteiger partial charge in [-0.2, -0.15) is 0 Å². The molecular formula is C14H14Br2OS. The second-order valence-corrected chi connectivity index (χ2v) is 6.63. The van der Waals surface area contributed by atoms with Gasteiger partial charge >= 0.3 is 0 Å². The average molecular weight is 390 g/mol. The van der Waals surface area contributed by atoms with Crippen LogP contribution >= 0.6 is 43.2 Å². The summed E-state index contributed by atoms with van der Waals surface area (Å²) >= 11 is 9.21. The van der Waals surface area contributed by atoms with Gasteiger partial charge in [0.15, 0.2) is 0 Å². The fraction of sp³-hybridized carbons (Fsp3) is 0.286. The summed E-state index contributed by atoms with van der Waals surface area (Å²) in [5, 5.41) is 2.15. The molecule has 1 aromatic carbocycles. The molecule has 2 aromatic rings. The van der Waals surface area contributed by atoms with Gasteiger partial charge < -0.3 is 4.74 Å². The van der Waals surface area contributed by atoms with Gasteiger partial charge in [-0.05, 0) is 41.1 Å². The van der Waals surface area contributed by atoms with Crippen molar-refractivity contribution in [3.05, 3.63) is 50.1 Å². The Balaban J connectivity index is 2.37. The van der Waals surface area contributed by atoms with Gasteiger partial charge in [0, 0.05) is 9.35 Å². The molecule has 0 bridgehead atoms. The Bertz CT molecular complexity index is 536. The lowest BCUT2D eigenvalue weighted by Crippen LogP contribution is -1.95. The van der Waals surface area contributed by atoms with Crippen LogP contribution in [0.2, 0.25) is 0 Å². The van der Waals surface area contributed by atoms with Crippen LogP contribution in [-0.4, -0.2) is 7.11 Å². The van der Waals surface area contributed by atoms with Gasteiger partial charge in [-0.3, -0.25) is 0 Å². The highest BCUT2D eigenvalue weighted by Crippen LogP contribution is 2.40. The molecule has 0 aliphatic rings. The zero-order chi connectivity index (χ0) is 13.1. The van der Waals surface area contributed by atoms with E-state index in [0.717, 1.165) is 16.6 Å². The van der Waals surface area contributed by atoms with E-state index in [2.05, 4.69) is 56.3 Å². The Morgan fingerprint density at radius 1 is 1.33 bits per heavy atom. The van der Waals surface area contributed by atoms with Crippen LogP contribution < -0.4 is 4.74 Å². The molecule has 0 fully saturated rings. The van der Waals surface area contributed by atoms with Gasteiger partial charge in [-0.1, -0.05) is 44.8 Å². The Labute approximate surface area is 128 Å². The predicted octanol–water partition coefficient (Wildman–Crippen LogP) is 5.57. The van der Waals surface area contributed by atoms with Crippen LogP contribution in [0.25, 0.3) is 0 Å². The minimum atomic E-state index is 0.229. The van der Waals surface area contributed by atoms with Crippen molar-refractivity contribution in [2.75, 3.05) is 7.11 Å². The summed E-state index contributed by atoms with van der Waals surface area (Å²) in [6.45, 7) is 2.19. The molecule has 0 aliphatic heterocycles. The van der Waals surface area contributed by atoms with Gasteiger partial charge in [0.05, 0.1) is 11.9 Å². The predicted molar refractivity (Wildman–Crippen MR) is 85.2 cm³/mol. The lowest BCUT2D eigenvalue weighted by atomic mass is 10.1. The molecule has 0 N–H and O–H groups in total. The quantitative estimate of drug-likeness (QED) is 0.621. The molecule has 0 amide bonds. The lowest BCUT2D eigenvalue weighted by Gasteiger charge is -2.13. The van der Waals surface area contributed by atoms with E-state index < -0.39 is 0 Å². The maximum absolute atomic E-state index is 5.22. The van der Waals surface area contributed by atoms with Crippen molar-refractivity contribution in [2.24, 2.45) is 0 Å². The molecule has 0 saturated carbocycles. The zero-order valence-corrected chi connectivity index (χ0v) is 14.2. The summed E-state index contributed by atoms with van der Waals surface area (Å²) in [5.74, 6) is 0.868. The summed E-state index contributed by atoms with van der Waals surface area (Å²) in [6.07, 6.45) is 1.06. The monoisotopic (exact) mass is 388 g/mol. The van der Waals surface area contributed by atoms with Crippen LogP contribution in [0.3, 0.4) is 0 Å². The normalized spacial score (nSPS) is 12.4. The van der Waals surface area contributed by atoms with Crippen LogP contribution in [-0.2, 0) is 6.42 Å². The first kappa shape index (κ1) is 14.1. The SMILES string of the molecule is CCc1ccsc1C(Br)c1ccc(OC)cc1Br. The molecule has 1 unspecified atom stereocenters. The third-order valence-electron chi connectivity index (χ3n) is 2.87. The number of halogens is 2. The Kier molecular flexibility index (Phi) is 4.87. The number of thiophene rings is 1. The number of ether oxygens (including phenoxy) is 1. The topological polar surface area (TPSA) is 9.23 Å². The summed E-state index contributed by atoms with van der Waals surface area (Å²) in [7, 11) is 1.68. The molecule has 0 saturated heterocycles. The molecule has 1 heterocycles. The average Bonchev–Trinajstić information content (AvgIpc) is 2.86. The second-order valence-electron chi connectivity index (χ2n) is 3.91. The van der Waals surface area contributed by atoms with Crippen LogP contribution in [0, 0.1) is 0 Å². The van der Waals surface area contributed by atoms with E-state index in [1.165, 1.54) is 16.0 Å². The highest BCUT2D eigenvalue weighted by atomic mass is 79.9. The van der Waals surface area contributed by atoms with Crippen LogP contribution in [0.1, 0.15) is 27.8 Å². The fourth-order valence-corrected chi connectivity index (χ4v) is 4.74. The lowest BCUT2D eigenvalue weighted by molar-refractivity contribution is 0.414. The summed E-state index contributed by atoms with van der Waals surface area (Å²) < 4.78 is 6.29. The Morgan fingerprint density at radius 2 is 2.11 bits per heavy atom. The molecule has 96 valence electrons. The number of alkyl halides is 1. The number of benzene rings is 1. The van der Waals surface area contributed by atoms with Gasteiger partial charge in [-0.25, -0.2) is 0 Å². The van der Waals surface area contributed by atoms with Crippen molar-refractivity contribution < 1.29 is 4.74 Å². The van der Waals surface area contributed by atoms with Crippen LogP contribution in [0.15, 0.2) is 34.1 Å². The Morgan fingerprint density at radius 3 is 2.72 bits per heavy atom. The van der Waals surface area contributed by atoms with Crippen LogP contribution in [0.5, 0.6) is 5.75 Å². The molecule has 1 aromatic heterocycles. The van der Waals surface area contributed by atoms with Crippen molar-refractivity contribution in [1.82, 2.24) is 0 Å². The standard InChI is InChI=1S/C14H14Br2OS/c1-3-9-6-7-18-14(9)13(16)11-5-4-10(17-2)8-12(11)15/h4-8,13H,3H2,1-2H3. The van der Waals surface area contributed by atoms with Gasteiger partial charge in [0.25, 0.3) is 0 Å². The number of methoxy groups -OCH3 is 1. The number of rotatable bonds is 4. The van der Waals surface area contributed by atoms with E-state index >= 15 is 0 Å². The van der Waals surface area contributed by atoms with Crippen molar-refractivity contribution in [3.8, 4) is 5.75 Å². The molecule has 4 heteroatoms. The maximum Gasteiger partial charge on any atom is 0.120 e. The largest absolute Gasteiger partial charge is 0.497 e. The molecule has 1 atom stereocenters. The van der Waals surface area contributed by atoms with Crippen molar-refractivity contribution in [3.63, 3.8) is 0 Å². The van der Waals surface area contributed by atoms with Gasteiger partial charge in [-0.15, -0.1) is 11.3 Å². The number of hydrogen-bond acceptors (Lipinski definition) is 2. The van der Waals surface area contributed by atoms with E-state index in [4.69, 9.17) is 4.74 Å². The van der Waals surface area contributed by atoms with Crippen molar-refractivity contribution in [2.45, 2.75) is 18.2 Å². The zero-order valence-electron chi connectivity index (χ0n) is 10.2. The molecule has 18 heavy (non-hydrogen) atoms.